The molecule has 0 aromatic carbocycles. The van der Waals surface area contributed by atoms with Crippen molar-refractivity contribution in [1.29, 1.82) is 0 Å². The first-order valence-corrected chi connectivity index (χ1v) is 6.48. The van der Waals surface area contributed by atoms with Crippen molar-refractivity contribution < 1.29 is 8.83 Å². The fraction of sp³-hybridized carbons (Fsp3) is 0.538. The predicted octanol–water partition coefficient (Wildman–Crippen LogP) is 2.20. The third-order valence-corrected chi connectivity index (χ3v) is 2.59. The molecule has 2 heterocycles. The summed E-state index contributed by atoms with van der Waals surface area (Å²) in [5.41, 5.74) is 0. The molecule has 0 fully saturated rings. The number of nitrogens with one attached hydrogen (secondary N) is 2. The SMILES string of the molecule is CC(C)NCc1nnc(NC(C)Cc2ccco2)o1. The molecule has 0 bridgehead atoms. The van der Waals surface area contributed by atoms with E-state index in [1.807, 2.05) is 19.1 Å². The van der Waals surface area contributed by atoms with E-state index in [1.54, 1.807) is 6.26 Å². The van der Waals surface area contributed by atoms with Crippen molar-refractivity contribution in [3.05, 3.63) is 30.0 Å². The summed E-state index contributed by atoms with van der Waals surface area (Å²) < 4.78 is 10.8. The van der Waals surface area contributed by atoms with Crippen LogP contribution in [0.3, 0.4) is 0 Å². The van der Waals surface area contributed by atoms with Gasteiger partial charge in [0.2, 0.25) is 5.89 Å². The van der Waals surface area contributed by atoms with E-state index < -0.39 is 0 Å². The van der Waals surface area contributed by atoms with Gasteiger partial charge in [0.05, 0.1) is 12.8 Å². The molecule has 104 valence electrons. The zero-order valence-electron chi connectivity index (χ0n) is 11.5. The lowest BCUT2D eigenvalue weighted by Gasteiger charge is -2.09. The summed E-state index contributed by atoms with van der Waals surface area (Å²) in [6.45, 7) is 6.76. The van der Waals surface area contributed by atoms with Crippen LogP contribution in [-0.4, -0.2) is 22.3 Å². The van der Waals surface area contributed by atoms with Gasteiger partial charge in [-0.05, 0) is 19.1 Å². The second kappa shape index (κ2) is 6.38. The molecule has 0 saturated carbocycles. The molecule has 0 saturated heterocycles. The molecule has 0 aliphatic rings. The van der Waals surface area contributed by atoms with Crippen molar-refractivity contribution in [2.45, 2.75) is 45.8 Å². The maximum absolute atomic E-state index is 5.50. The highest BCUT2D eigenvalue weighted by atomic mass is 16.4. The number of nitrogens with zero attached hydrogens (tertiary/aromatic N) is 2. The molecular weight excluding hydrogens is 244 g/mol. The van der Waals surface area contributed by atoms with Crippen LogP contribution in [0.1, 0.15) is 32.4 Å². The second-order valence-electron chi connectivity index (χ2n) is 4.87. The second-order valence-corrected chi connectivity index (χ2v) is 4.87. The number of anilines is 1. The van der Waals surface area contributed by atoms with Gasteiger partial charge in [-0.15, -0.1) is 5.10 Å². The standard InChI is InChI=1S/C13H20N4O2/c1-9(2)14-8-12-16-17-13(19-12)15-10(3)7-11-5-4-6-18-11/h4-6,9-10,14H,7-8H2,1-3H3,(H,15,17). The highest BCUT2D eigenvalue weighted by molar-refractivity contribution is 5.20. The molecule has 2 N–H and O–H groups in total. The van der Waals surface area contributed by atoms with Crippen LogP contribution in [0.5, 0.6) is 0 Å². The number of rotatable bonds is 7. The number of furan rings is 1. The molecular formula is C13H20N4O2. The van der Waals surface area contributed by atoms with E-state index in [-0.39, 0.29) is 6.04 Å². The van der Waals surface area contributed by atoms with Crippen molar-refractivity contribution in [3.63, 3.8) is 0 Å². The van der Waals surface area contributed by atoms with Crippen LogP contribution < -0.4 is 10.6 Å². The van der Waals surface area contributed by atoms with E-state index in [0.29, 0.717) is 24.5 Å². The van der Waals surface area contributed by atoms with Gasteiger partial charge in [0.1, 0.15) is 5.76 Å². The van der Waals surface area contributed by atoms with Crippen molar-refractivity contribution in [2.24, 2.45) is 0 Å². The summed E-state index contributed by atoms with van der Waals surface area (Å²) in [7, 11) is 0. The fourth-order valence-corrected chi connectivity index (χ4v) is 1.67. The van der Waals surface area contributed by atoms with Gasteiger partial charge < -0.3 is 19.5 Å². The first-order valence-electron chi connectivity index (χ1n) is 6.48. The summed E-state index contributed by atoms with van der Waals surface area (Å²) in [5, 5.41) is 14.3. The molecule has 2 aromatic rings. The van der Waals surface area contributed by atoms with Crippen LogP contribution in [0.4, 0.5) is 6.01 Å². The normalized spacial score (nSPS) is 12.8. The molecule has 0 aliphatic carbocycles. The van der Waals surface area contributed by atoms with Crippen molar-refractivity contribution in [2.75, 3.05) is 5.32 Å². The highest BCUT2D eigenvalue weighted by Crippen LogP contribution is 2.10. The molecule has 0 spiro atoms. The first kappa shape index (κ1) is 13.6. The Morgan fingerprint density at radius 1 is 1.26 bits per heavy atom. The molecule has 0 amide bonds. The molecule has 0 aliphatic heterocycles. The summed E-state index contributed by atoms with van der Waals surface area (Å²) in [6.07, 6.45) is 2.44. The lowest BCUT2D eigenvalue weighted by atomic mass is 10.2. The Balaban J connectivity index is 1.82. The molecule has 6 nitrogen and oxygen atoms in total. The number of hydrogen-bond donors (Lipinski definition) is 2. The Hall–Kier alpha value is -1.82. The van der Waals surface area contributed by atoms with Crippen LogP contribution >= 0.6 is 0 Å². The highest BCUT2D eigenvalue weighted by Gasteiger charge is 2.11. The zero-order valence-corrected chi connectivity index (χ0v) is 11.5. The summed E-state index contributed by atoms with van der Waals surface area (Å²) >= 11 is 0. The van der Waals surface area contributed by atoms with Crippen LogP contribution in [0.2, 0.25) is 0 Å². The summed E-state index contributed by atoms with van der Waals surface area (Å²) in [4.78, 5) is 0. The Kier molecular flexibility index (Phi) is 4.57. The minimum Gasteiger partial charge on any atom is -0.469 e. The van der Waals surface area contributed by atoms with E-state index in [0.717, 1.165) is 12.2 Å². The smallest absolute Gasteiger partial charge is 0.315 e. The molecule has 19 heavy (non-hydrogen) atoms. The third kappa shape index (κ3) is 4.40. The fourth-order valence-electron chi connectivity index (χ4n) is 1.67. The van der Waals surface area contributed by atoms with Crippen LogP contribution in [0.15, 0.2) is 27.2 Å². The Morgan fingerprint density at radius 2 is 2.11 bits per heavy atom. The first-order chi connectivity index (χ1) is 9.13. The largest absolute Gasteiger partial charge is 0.469 e. The molecule has 6 heteroatoms. The molecule has 2 rings (SSSR count). The van der Waals surface area contributed by atoms with Crippen molar-refractivity contribution >= 4 is 6.01 Å². The number of hydrogen-bond acceptors (Lipinski definition) is 6. The lowest BCUT2D eigenvalue weighted by molar-refractivity contribution is 0.452. The molecule has 0 radical (unpaired) electrons. The number of aromatic nitrogens is 2. The van der Waals surface area contributed by atoms with Gasteiger partial charge in [0, 0.05) is 18.5 Å². The average molecular weight is 264 g/mol. The zero-order chi connectivity index (χ0) is 13.7. The van der Waals surface area contributed by atoms with Gasteiger partial charge in [-0.2, -0.15) is 0 Å². The van der Waals surface area contributed by atoms with E-state index in [9.17, 15) is 0 Å². The Bertz CT molecular complexity index is 479. The maximum Gasteiger partial charge on any atom is 0.315 e. The molecule has 2 aromatic heterocycles. The van der Waals surface area contributed by atoms with Gasteiger partial charge in [-0.25, -0.2) is 0 Å². The van der Waals surface area contributed by atoms with E-state index in [1.165, 1.54) is 0 Å². The quantitative estimate of drug-likeness (QED) is 0.798. The molecule has 1 unspecified atom stereocenters. The topological polar surface area (TPSA) is 76.1 Å². The molecule has 1 atom stereocenters. The summed E-state index contributed by atoms with van der Waals surface area (Å²) in [5.74, 6) is 1.52. The van der Waals surface area contributed by atoms with E-state index in [2.05, 4.69) is 34.7 Å². The van der Waals surface area contributed by atoms with Gasteiger partial charge in [-0.3, -0.25) is 0 Å². The minimum atomic E-state index is 0.164. The monoisotopic (exact) mass is 264 g/mol. The van der Waals surface area contributed by atoms with E-state index in [4.69, 9.17) is 8.83 Å². The van der Waals surface area contributed by atoms with Crippen molar-refractivity contribution in [3.8, 4) is 0 Å². The van der Waals surface area contributed by atoms with Gasteiger partial charge >= 0.3 is 6.01 Å². The third-order valence-electron chi connectivity index (χ3n) is 2.59. The Morgan fingerprint density at radius 3 is 2.79 bits per heavy atom. The average Bonchev–Trinajstić information content (AvgIpc) is 2.98. The Labute approximate surface area is 112 Å². The lowest BCUT2D eigenvalue weighted by Crippen LogP contribution is -2.22. The van der Waals surface area contributed by atoms with E-state index >= 15 is 0 Å². The van der Waals surface area contributed by atoms with Gasteiger partial charge in [-0.1, -0.05) is 18.9 Å². The maximum atomic E-state index is 5.50. The van der Waals surface area contributed by atoms with Gasteiger partial charge in [0.15, 0.2) is 0 Å². The predicted molar refractivity (Wildman–Crippen MR) is 71.8 cm³/mol. The van der Waals surface area contributed by atoms with Crippen LogP contribution in [-0.2, 0) is 13.0 Å². The van der Waals surface area contributed by atoms with Crippen LogP contribution in [0.25, 0.3) is 0 Å². The summed E-state index contributed by atoms with van der Waals surface area (Å²) in [6, 6.07) is 4.83. The minimum absolute atomic E-state index is 0.164. The van der Waals surface area contributed by atoms with Crippen LogP contribution in [0, 0.1) is 0 Å². The van der Waals surface area contributed by atoms with Gasteiger partial charge in [0.25, 0.3) is 0 Å². The van der Waals surface area contributed by atoms with Crippen molar-refractivity contribution in [1.82, 2.24) is 15.5 Å².